The minimum Gasteiger partial charge on any atom is -0.351 e. The third kappa shape index (κ3) is 3.76. The first-order valence-corrected chi connectivity index (χ1v) is 8.41. The molecule has 6 heteroatoms. The van der Waals surface area contributed by atoms with Crippen LogP contribution in [0.2, 0.25) is 5.28 Å². The number of hydrogen-bond donors (Lipinski definition) is 1. The van der Waals surface area contributed by atoms with E-state index in [4.69, 9.17) is 11.6 Å². The molecule has 2 heterocycles. The minimum absolute atomic E-state index is 0.284. The van der Waals surface area contributed by atoms with Crippen molar-refractivity contribution < 1.29 is 0 Å². The maximum Gasteiger partial charge on any atom is 0.231 e. The normalized spacial score (nSPS) is 29.7. The van der Waals surface area contributed by atoms with Crippen molar-refractivity contribution in [1.82, 2.24) is 15.0 Å². The topological polar surface area (TPSA) is 53.9 Å². The van der Waals surface area contributed by atoms with E-state index in [-0.39, 0.29) is 5.28 Å². The molecule has 0 amide bonds. The van der Waals surface area contributed by atoms with Crippen molar-refractivity contribution in [3.8, 4) is 0 Å². The number of hydrogen-bond acceptors (Lipinski definition) is 5. The second-order valence-electron chi connectivity index (χ2n) is 6.68. The van der Waals surface area contributed by atoms with Gasteiger partial charge in [0.05, 0.1) is 0 Å². The fourth-order valence-corrected chi connectivity index (χ4v) is 3.87. The molecule has 2 aliphatic rings. The van der Waals surface area contributed by atoms with Crippen LogP contribution in [0.4, 0.5) is 11.9 Å². The number of nitrogens with zero attached hydrogens (tertiary/aromatic N) is 4. The molecule has 116 valence electrons. The van der Waals surface area contributed by atoms with Crippen LogP contribution in [0.5, 0.6) is 0 Å². The van der Waals surface area contributed by atoms with Crippen LogP contribution in [0, 0.1) is 11.8 Å². The van der Waals surface area contributed by atoms with Crippen molar-refractivity contribution in [2.75, 3.05) is 23.3 Å². The van der Waals surface area contributed by atoms with Gasteiger partial charge in [-0.1, -0.05) is 13.8 Å². The first-order valence-electron chi connectivity index (χ1n) is 8.03. The molecule has 2 fully saturated rings. The highest BCUT2D eigenvalue weighted by Gasteiger charge is 2.25. The average Bonchev–Trinajstić information content (AvgIpc) is 2.90. The van der Waals surface area contributed by atoms with Crippen molar-refractivity contribution in [2.45, 2.75) is 52.0 Å². The van der Waals surface area contributed by atoms with Crippen LogP contribution < -0.4 is 10.2 Å². The molecule has 1 aromatic rings. The summed E-state index contributed by atoms with van der Waals surface area (Å²) in [7, 11) is 0. The lowest BCUT2D eigenvalue weighted by Crippen LogP contribution is -2.31. The van der Waals surface area contributed by atoms with Gasteiger partial charge < -0.3 is 10.2 Å². The third-order valence-electron chi connectivity index (χ3n) is 4.50. The predicted molar refractivity (Wildman–Crippen MR) is 85.9 cm³/mol. The maximum atomic E-state index is 6.07. The summed E-state index contributed by atoms with van der Waals surface area (Å²) in [6.07, 6.45) is 6.06. The summed E-state index contributed by atoms with van der Waals surface area (Å²) in [4.78, 5) is 15.3. The van der Waals surface area contributed by atoms with Gasteiger partial charge in [-0.25, -0.2) is 0 Å². The number of halogens is 1. The smallest absolute Gasteiger partial charge is 0.231 e. The van der Waals surface area contributed by atoms with Gasteiger partial charge in [0.2, 0.25) is 17.2 Å². The van der Waals surface area contributed by atoms with E-state index >= 15 is 0 Å². The Bertz CT molecular complexity index is 479. The lowest BCUT2D eigenvalue weighted by molar-refractivity contribution is 0.280. The fourth-order valence-electron chi connectivity index (χ4n) is 3.71. The molecular formula is C15H24ClN5. The molecule has 0 spiro atoms. The second kappa shape index (κ2) is 6.34. The van der Waals surface area contributed by atoms with Crippen molar-refractivity contribution in [1.29, 1.82) is 0 Å². The number of rotatable bonds is 3. The summed E-state index contributed by atoms with van der Waals surface area (Å²) in [6.45, 7) is 6.66. The van der Waals surface area contributed by atoms with Gasteiger partial charge in [0.1, 0.15) is 0 Å². The molecule has 0 radical (unpaired) electrons. The van der Waals surface area contributed by atoms with Crippen molar-refractivity contribution in [3.05, 3.63) is 5.28 Å². The third-order valence-corrected chi connectivity index (χ3v) is 4.67. The summed E-state index contributed by atoms with van der Waals surface area (Å²) in [5.41, 5.74) is 0. The lowest BCUT2D eigenvalue weighted by atomic mass is 9.80. The minimum atomic E-state index is 0.284. The Hall–Kier alpha value is -1.10. The van der Waals surface area contributed by atoms with Gasteiger partial charge in [-0.2, -0.15) is 15.0 Å². The Morgan fingerprint density at radius 1 is 1.00 bits per heavy atom. The van der Waals surface area contributed by atoms with Crippen LogP contribution >= 0.6 is 11.6 Å². The van der Waals surface area contributed by atoms with Crippen LogP contribution in [-0.4, -0.2) is 34.1 Å². The summed E-state index contributed by atoms with van der Waals surface area (Å²) in [6, 6.07) is 0.439. The van der Waals surface area contributed by atoms with Gasteiger partial charge >= 0.3 is 0 Å². The standard InChI is InChI=1S/C15H24ClN5/c1-10-7-11(2)9-12(8-10)17-14-18-13(16)19-15(20-14)21-5-3-4-6-21/h10-12H,3-9H2,1-2H3,(H,17,18,19,20). The Labute approximate surface area is 131 Å². The fraction of sp³-hybridized carbons (Fsp3) is 0.800. The van der Waals surface area contributed by atoms with E-state index in [1.165, 1.54) is 32.1 Å². The quantitative estimate of drug-likeness (QED) is 0.928. The molecule has 2 unspecified atom stereocenters. The van der Waals surface area contributed by atoms with Crippen molar-refractivity contribution in [2.24, 2.45) is 11.8 Å². The maximum absolute atomic E-state index is 6.07. The zero-order valence-corrected chi connectivity index (χ0v) is 13.6. The van der Waals surface area contributed by atoms with Gasteiger partial charge in [-0.15, -0.1) is 0 Å². The molecule has 3 rings (SSSR count). The van der Waals surface area contributed by atoms with E-state index in [9.17, 15) is 0 Å². The van der Waals surface area contributed by atoms with E-state index in [2.05, 4.69) is 39.0 Å². The van der Waals surface area contributed by atoms with Gasteiger partial charge in [-0.05, 0) is 55.5 Å². The summed E-state index contributed by atoms with van der Waals surface area (Å²) >= 11 is 6.07. The summed E-state index contributed by atoms with van der Waals surface area (Å²) in [5, 5.41) is 3.76. The molecule has 1 aliphatic carbocycles. The monoisotopic (exact) mass is 309 g/mol. The first-order chi connectivity index (χ1) is 10.1. The van der Waals surface area contributed by atoms with E-state index in [0.717, 1.165) is 24.9 Å². The molecule has 1 aromatic heterocycles. The number of aromatic nitrogens is 3. The Morgan fingerprint density at radius 2 is 1.67 bits per heavy atom. The molecule has 0 bridgehead atoms. The first kappa shape index (κ1) is 14.8. The number of anilines is 2. The molecule has 5 nitrogen and oxygen atoms in total. The summed E-state index contributed by atoms with van der Waals surface area (Å²) < 4.78 is 0. The van der Waals surface area contributed by atoms with E-state index in [1.807, 2.05) is 0 Å². The Kier molecular flexibility index (Phi) is 4.48. The lowest BCUT2D eigenvalue weighted by Gasteiger charge is -2.32. The van der Waals surface area contributed by atoms with E-state index in [1.54, 1.807) is 0 Å². The SMILES string of the molecule is CC1CC(C)CC(Nc2nc(Cl)nc(N3CCCC3)n2)C1. The molecule has 1 aliphatic heterocycles. The molecule has 1 N–H and O–H groups in total. The molecule has 1 saturated heterocycles. The highest BCUT2D eigenvalue weighted by molar-refractivity contribution is 6.28. The predicted octanol–water partition coefficient (Wildman–Crippen LogP) is 3.36. The van der Waals surface area contributed by atoms with Crippen LogP contribution in [0.25, 0.3) is 0 Å². The average molecular weight is 310 g/mol. The van der Waals surface area contributed by atoms with Crippen molar-refractivity contribution >= 4 is 23.5 Å². The Morgan fingerprint density at radius 3 is 2.33 bits per heavy atom. The van der Waals surface area contributed by atoms with Gasteiger partial charge in [0, 0.05) is 19.1 Å². The molecular weight excluding hydrogens is 286 g/mol. The van der Waals surface area contributed by atoms with E-state index < -0.39 is 0 Å². The number of nitrogens with one attached hydrogen (secondary N) is 1. The highest BCUT2D eigenvalue weighted by atomic mass is 35.5. The van der Waals surface area contributed by atoms with Crippen LogP contribution in [-0.2, 0) is 0 Å². The van der Waals surface area contributed by atoms with Crippen LogP contribution in [0.15, 0.2) is 0 Å². The van der Waals surface area contributed by atoms with E-state index in [0.29, 0.717) is 17.9 Å². The Balaban J connectivity index is 1.72. The van der Waals surface area contributed by atoms with Crippen LogP contribution in [0.3, 0.4) is 0 Å². The second-order valence-corrected chi connectivity index (χ2v) is 7.02. The molecule has 0 aromatic carbocycles. The summed E-state index contributed by atoms with van der Waals surface area (Å²) in [5.74, 6) is 2.85. The largest absolute Gasteiger partial charge is 0.351 e. The molecule has 1 saturated carbocycles. The molecule has 2 atom stereocenters. The van der Waals surface area contributed by atoms with Crippen LogP contribution in [0.1, 0.15) is 46.0 Å². The van der Waals surface area contributed by atoms with Gasteiger partial charge in [0.25, 0.3) is 0 Å². The zero-order valence-electron chi connectivity index (χ0n) is 12.8. The highest BCUT2D eigenvalue weighted by Crippen LogP contribution is 2.30. The van der Waals surface area contributed by atoms with Gasteiger partial charge in [0.15, 0.2) is 0 Å². The molecule has 21 heavy (non-hydrogen) atoms. The van der Waals surface area contributed by atoms with Gasteiger partial charge in [-0.3, -0.25) is 0 Å². The zero-order chi connectivity index (χ0) is 14.8. The van der Waals surface area contributed by atoms with Crippen molar-refractivity contribution in [3.63, 3.8) is 0 Å².